The summed E-state index contributed by atoms with van der Waals surface area (Å²) < 4.78 is 30.5. The quantitative estimate of drug-likeness (QED) is 0.475. The van der Waals surface area contributed by atoms with Crippen LogP contribution >= 0.6 is 0 Å². The fourth-order valence-corrected chi connectivity index (χ4v) is 4.72. The van der Waals surface area contributed by atoms with Gasteiger partial charge in [0.05, 0.1) is 16.3 Å². The summed E-state index contributed by atoms with van der Waals surface area (Å²) in [6.07, 6.45) is 1.50. The summed E-state index contributed by atoms with van der Waals surface area (Å²) in [6, 6.07) is 28.6. The van der Waals surface area contributed by atoms with E-state index < -0.39 is 10.0 Å². The Hall–Kier alpha value is -4.03. The van der Waals surface area contributed by atoms with E-state index in [4.69, 9.17) is 0 Å². The first kappa shape index (κ1) is 19.9. The molecule has 4 aromatic rings. The lowest BCUT2D eigenvalue weighted by Crippen LogP contribution is -2.22. The van der Waals surface area contributed by atoms with E-state index in [1.165, 1.54) is 6.08 Å². The Morgan fingerprint density at radius 3 is 2.12 bits per heavy atom. The van der Waals surface area contributed by atoms with Gasteiger partial charge in [-0.2, -0.15) is 12.8 Å². The maximum atomic E-state index is 13.2. The molecule has 5 rings (SSSR count). The zero-order chi connectivity index (χ0) is 22.1. The van der Waals surface area contributed by atoms with Crippen LogP contribution in [0.4, 0.5) is 5.69 Å². The van der Waals surface area contributed by atoms with E-state index in [1.54, 1.807) is 42.5 Å². The van der Waals surface area contributed by atoms with E-state index >= 15 is 0 Å². The molecule has 5 nitrogen and oxygen atoms in total. The largest absolute Gasteiger partial charge is 0.352 e. The molecule has 1 N–H and O–H groups in total. The molecular formula is C26H18N2O3S. The van der Waals surface area contributed by atoms with E-state index in [0.29, 0.717) is 11.1 Å². The van der Waals surface area contributed by atoms with E-state index in [1.807, 2.05) is 54.6 Å². The van der Waals surface area contributed by atoms with Crippen LogP contribution in [-0.2, 0) is 10.0 Å². The van der Waals surface area contributed by atoms with Gasteiger partial charge in [0.1, 0.15) is 0 Å². The Bertz CT molecular complexity index is 1520. The van der Waals surface area contributed by atoms with Gasteiger partial charge in [0.2, 0.25) is 5.78 Å². The maximum Gasteiger partial charge on any atom is 0.282 e. The number of hydrogen-bond acceptors (Lipinski definition) is 4. The number of Topliss-reactive ketones (excluding diaryl/α,β-unsaturated/α-hetero) is 1. The van der Waals surface area contributed by atoms with Gasteiger partial charge in [0.25, 0.3) is 10.0 Å². The predicted molar refractivity (Wildman–Crippen MR) is 127 cm³/mol. The number of nitrogens with one attached hydrogen (secondary N) is 1. The lowest BCUT2D eigenvalue weighted by molar-refractivity contribution is 0.103. The highest BCUT2D eigenvalue weighted by molar-refractivity contribution is 7.90. The van der Waals surface area contributed by atoms with E-state index in [2.05, 4.69) is 9.71 Å². The molecule has 0 unspecified atom stereocenters. The number of hydrogen-bond donors (Lipinski definition) is 1. The summed E-state index contributed by atoms with van der Waals surface area (Å²) in [5.41, 5.74) is 2.10. The fourth-order valence-electron chi connectivity index (χ4n) is 3.68. The van der Waals surface area contributed by atoms with E-state index in [0.717, 1.165) is 16.5 Å². The molecule has 0 heterocycles. The fraction of sp³-hybridized carbons (Fsp3) is 0. The Morgan fingerprint density at radius 1 is 0.688 bits per heavy atom. The van der Waals surface area contributed by atoms with Gasteiger partial charge in [0, 0.05) is 16.8 Å². The topological polar surface area (TPSA) is 75.6 Å². The van der Waals surface area contributed by atoms with Crippen LogP contribution in [0.25, 0.3) is 10.8 Å². The third-order valence-corrected chi connectivity index (χ3v) is 6.55. The van der Waals surface area contributed by atoms with Crippen molar-refractivity contribution in [1.82, 2.24) is 0 Å². The number of carbonyl (C=O) groups excluding carboxylic acids is 1. The second-order valence-electron chi connectivity index (χ2n) is 7.38. The molecule has 0 atom stereocenters. The minimum atomic E-state index is -4.00. The van der Waals surface area contributed by atoms with Gasteiger partial charge in [-0.1, -0.05) is 72.8 Å². The van der Waals surface area contributed by atoms with Crippen molar-refractivity contribution < 1.29 is 13.2 Å². The van der Waals surface area contributed by atoms with Crippen LogP contribution in [0.15, 0.2) is 118 Å². The highest BCUT2D eigenvalue weighted by Crippen LogP contribution is 2.26. The van der Waals surface area contributed by atoms with Crippen LogP contribution in [0.1, 0.15) is 15.9 Å². The number of allylic oxidation sites excluding steroid dienone is 2. The van der Waals surface area contributed by atoms with E-state index in [-0.39, 0.29) is 22.1 Å². The molecule has 0 aromatic heterocycles. The molecule has 0 aliphatic heterocycles. The summed E-state index contributed by atoms with van der Waals surface area (Å²) in [4.78, 5) is 13.1. The molecule has 0 saturated carbocycles. The molecule has 32 heavy (non-hydrogen) atoms. The summed E-state index contributed by atoms with van der Waals surface area (Å²) in [7, 11) is -4.00. The average Bonchev–Trinajstić information content (AvgIpc) is 2.82. The highest BCUT2D eigenvalue weighted by Gasteiger charge is 2.26. The molecule has 0 radical (unpaired) electrons. The normalized spacial score (nSPS) is 14.8. The second kappa shape index (κ2) is 7.90. The number of carbonyl (C=O) groups is 1. The van der Waals surface area contributed by atoms with Crippen molar-refractivity contribution in [3.8, 4) is 0 Å². The molecule has 0 bridgehead atoms. The van der Waals surface area contributed by atoms with Crippen molar-refractivity contribution in [3.05, 3.63) is 120 Å². The minimum Gasteiger partial charge on any atom is -0.352 e. The summed E-state index contributed by atoms with van der Waals surface area (Å²) >= 11 is 0. The smallest absolute Gasteiger partial charge is 0.282 e. The molecule has 0 spiro atoms. The maximum absolute atomic E-state index is 13.2. The van der Waals surface area contributed by atoms with Crippen LogP contribution in [0.3, 0.4) is 0 Å². The molecule has 156 valence electrons. The second-order valence-corrected chi connectivity index (χ2v) is 8.99. The lowest BCUT2D eigenvalue weighted by Gasteiger charge is -2.18. The first-order valence-corrected chi connectivity index (χ1v) is 11.5. The van der Waals surface area contributed by atoms with Crippen molar-refractivity contribution in [2.45, 2.75) is 4.90 Å². The van der Waals surface area contributed by atoms with Crippen LogP contribution < -0.4 is 5.32 Å². The molecular weight excluding hydrogens is 420 g/mol. The highest BCUT2D eigenvalue weighted by atomic mass is 32.2. The monoisotopic (exact) mass is 438 g/mol. The molecule has 0 amide bonds. The Balaban J connectivity index is 1.62. The molecule has 4 aromatic carbocycles. The van der Waals surface area contributed by atoms with Crippen molar-refractivity contribution in [3.63, 3.8) is 0 Å². The Kier molecular flexibility index (Phi) is 4.92. The van der Waals surface area contributed by atoms with Crippen LogP contribution in [0, 0.1) is 0 Å². The number of rotatable bonds is 4. The minimum absolute atomic E-state index is 0.101. The number of ketones is 1. The standard InChI is InChI=1S/C26H18N2O3S/c29-26-23-13-7-6-12-22(23)24(17-25(26)27-20-10-2-1-3-11-20)28-32(30,31)21-15-14-18-8-4-5-9-19(18)16-21/h1-17,27H. The van der Waals surface area contributed by atoms with Gasteiger partial charge in [-0.25, -0.2) is 0 Å². The molecule has 0 fully saturated rings. The van der Waals surface area contributed by atoms with Gasteiger partial charge in [-0.3, -0.25) is 4.79 Å². The summed E-state index contributed by atoms with van der Waals surface area (Å²) in [5.74, 6) is -0.216. The van der Waals surface area contributed by atoms with E-state index in [9.17, 15) is 13.2 Å². The zero-order valence-electron chi connectivity index (χ0n) is 16.9. The summed E-state index contributed by atoms with van der Waals surface area (Å²) in [5, 5.41) is 4.85. The third kappa shape index (κ3) is 3.72. The molecule has 1 aliphatic rings. The van der Waals surface area contributed by atoms with Gasteiger partial charge in [0.15, 0.2) is 0 Å². The van der Waals surface area contributed by atoms with Gasteiger partial charge in [-0.05, 0) is 41.1 Å². The third-order valence-electron chi connectivity index (χ3n) is 5.26. The van der Waals surface area contributed by atoms with Crippen molar-refractivity contribution in [1.29, 1.82) is 0 Å². The van der Waals surface area contributed by atoms with Crippen molar-refractivity contribution in [2.24, 2.45) is 4.40 Å². The average molecular weight is 439 g/mol. The predicted octanol–water partition coefficient (Wildman–Crippen LogP) is 5.21. The molecule has 6 heteroatoms. The Morgan fingerprint density at radius 2 is 1.34 bits per heavy atom. The van der Waals surface area contributed by atoms with Gasteiger partial charge < -0.3 is 5.32 Å². The first-order chi connectivity index (χ1) is 15.5. The number of anilines is 1. The lowest BCUT2D eigenvalue weighted by atomic mass is 9.92. The van der Waals surface area contributed by atoms with Crippen molar-refractivity contribution >= 4 is 38.0 Å². The SMILES string of the molecule is O=C1C(Nc2ccccc2)=CC(=NS(=O)(=O)c2ccc3ccccc3c2)c2ccccc21. The van der Waals surface area contributed by atoms with Gasteiger partial charge >= 0.3 is 0 Å². The zero-order valence-corrected chi connectivity index (χ0v) is 17.7. The number of benzene rings is 4. The number of para-hydroxylation sites is 1. The number of fused-ring (bicyclic) bond motifs is 2. The van der Waals surface area contributed by atoms with Crippen LogP contribution in [0.2, 0.25) is 0 Å². The first-order valence-electron chi connectivity index (χ1n) is 10.0. The van der Waals surface area contributed by atoms with Crippen LogP contribution in [-0.4, -0.2) is 19.9 Å². The van der Waals surface area contributed by atoms with Crippen molar-refractivity contribution in [2.75, 3.05) is 5.32 Å². The molecule has 0 saturated heterocycles. The number of nitrogens with zero attached hydrogens (tertiary/aromatic N) is 1. The molecule has 1 aliphatic carbocycles. The summed E-state index contributed by atoms with van der Waals surface area (Å²) in [6.45, 7) is 0. The Labute approximate surface area is 185 Å². The number of sulfonamides is 1. The van der Waals surface area contributed by atoms with Gasteiger partial charge in [-0.15, -0.1) is 0 Å². The van der Waals surface area contributed by atoms with Crippen LogP contribution in [0.5, 0.6) is 0 Å².